The van der Waals surface area contributed by atoms with Gasteiger partial charge in [0.15, 0.2) is 5.78 Å². The van der Waals surface area contributed by atoms with Gasteiger partial charge in [-0.3, -0.25) is 14.4 Å². The summed E-state index contributed by atoms with van der Waals surface area (Å²) in [7, 11) is 0. The summed E-state index contributed by atoms with van der Waals surface area (Å²) in [5.41, 5.74) is 8.56. The average molecular weight is 385 g/mol. The summed E-state index contributed by atoms with van der Waals surface area (Å²) in [6, 6.07) is 5.74. The number of nitrogens with zero attached hydrogens (tertiary/aromatic N) is 1. The molecule has 148 valence electrons. The van der Waals surface area contributed by atoms with Crippen LogP contribution in [0, 0.1) is 12.7 Å². The normalized spacial score (nSPS) is 14.5. The highest BCUT2D eigenvalue weighted by Gasteiger charge is 2.29. The van der Waals surface area contributed by atoms with Crippen molar-refractivity contribution in [3.8, 4) is 0 Å². The summed E-state index contributed by atoms with van der Waals surface area (Å²) in [5, 5.41) is 2.55. The van der Waals surface area contributed by atoms with E-state index in [0.29, 0.717) is 36.1 Å². The molecular weight excluding hydrogens is 361 g/mol. The fourth-order valence-corrected chi connectivity index (χ4v) is 3.74. The molecule has 3 N–H and O–H groups in total. The van der Waals surface area contributed by atoms with Crippen molar-refractivity contribution in [3.05, 3.63) is 58.2 Å². The smallest absolute Gasteiger partial charge is 0.239 e. The lowest BCUT2D eigenvalue weighted by Gasteiger charge is -2.16. The first-order valence-corrected chi connectivity index (χ1v) is 9.35. The Hall–Kier alpha value is -2.96. The zero-order valence-electron chi connectivity index (χ0n) is 16.0. The van der Waals surface area contributed by atoms with Crippen LogP contribution in [0.4, 0.5) is 4.39 Å². The Morgan fingerprint density at radius 1 is 1.29 bits per heavy atom. The summed E-state index contributed by atoms with van der Waals surface area (Å²) < 4.78 is 16.1. The van der Waals surface area contributed by atoms with Crippen LogP contribution < -0.4 is 11.1 Å². The molecule has 1 atom stereocenters. The maximum Gasteiger partial charge on any atom is 0.239 e. The topological polar surface area (TPSA) is 94.2 Å². The van der Waals surface area contributed by atoms with Crippen LogP contribution in [0.3, 0.4) is 0 Å². The fraction of sp³-hybridized carbons (Fsp3) is 0.381. The van der Waals surface area contributed by atoms with E-state index in [-0.39, 0.29) is 23.9 Å². The van der Waals surface area contributed by atoms with Crippen molar-refractivity contribution in [3.63, 3.8) is 0 Å². The molecule has 2 aromatic rings. The van der Waals surface area contributed by atoms with E-state index in [1.165, 1.54) is 13.0 Å². The molecule has 28 heavy (non-hydrogen) atoms. The predicted octanol–water partition coefficient (Wildman–Crippen LogP) is 2.04. The van der Waals surface area contributed by atoms with E-state index in [1.54, 1.807) is 18.2 Å². The summed E-state index contributed by atoms with van der Waals surface area (Å²) in [5.74, 6) is -1.30. The van der Waals surface area contributed by atoms with Gasteiger partial charge in [0, 0.05) is 28.9 Å². The standard InChI is InChI=1S/C21H24FN3O3/c1-12(21(23)28)24-19(27)10-15-13(2)25(11-14-6-3-4-7-16(14)22)17-8-5-9-18(26)20(15)17/h3-4,6-7,12H,5,8-11H2,1-2H3,(H2,23,28)(H,24,27)/t12-/m0/s1. The van der Waals surface area contributed by atoms with E-state index in [9.17, 15) is 18.8 Å². The first-order chi connectivity index (χ1) is 13.3. The second kappa shape index (κ2) is 7.96. The molecule has 0 saturated carbocycles. The number of nitrogens with two attached hydrogens (primary N) is 1. The lowest BCUT2D eigenvalue weighted by molar-refractivity contribution is -0.126. The van der Waals surface area contributed by atoms with E-state index in [4.69, 9.17) is 5.73 Å². The number of aromatic nitrogens is 1. The highest BCUT2D eigenvalue weighted by atomic mass is 19.1. The molecule has 0 fully saturated rings. The minimum atomic E-state index is -0.792. The molecule has 0 unspecified atom stereocenters. The van der Waals surface area contributed by atoms with Gasteiger partial charge in [-0.25, -0.2) is 4.39 Å². The summed E-state index contributed by atoms with van der Waals surface area (Å²) in [6.45, 7) is 3.65. The monoisotopic (exact) mass is 385 g/mol. The number of Topliss-reactive ketones (excluding diaryl/α,β-unsaturated/α-hetero) is 1. The number of halogens is 1. The number of benzene rings is 1. The Kier molecular flexibility index (Phi) is 5.63. The molecule has 1 aromatic carbocycles. The summed E-state index contributed by atoms with van der Waals surface area (Å²) in [4.78, 5) is 36.2. The first-order valence-electron chi connectivity index (χ1n) is 9.35. The second-order valence-corrected chi connectivity index (χ2v) is 7.21. The Balaban J connectivity index is 1.98. The van der Waals surface area contributed by atoms with Crippen molar-refractivity contribution in [2.75, 3.05) is 0 Å². The van der Waals surface area contributed by atoms with Crippen molar-refractivity contribution in [1.82, 2.24) is 9.88 Å². The zero-order valence-corrected chi connectivity index (χ0v) is 16.0. The number of carbonyl (C=O) groups excluding carboxylic acids is 3. The van der Waals surface area contributed by atoms with E-state index >= 15 is 0 Å². The molecule has 0 bridgehead atoms. The number of carbonyl (C=O) groups is 3. The van der Waals surface area contributed by atoms with Gasteiger partial charge in [0.05, 0.1) is 13.0 Å². The third-order valence-corrected chi connectivity index (χ3v) is 5.28. The highest BCUT2D eigenvalue weighted by molar-refractivity contribution is 6.01. The van der Waals surface area contributed by atoms with Crippen LogP contribution in [-0.2, 0) is 29.0 Å². The molecule has 2 amide bonds. The number of amides is 2. The van der Waals surface area contributed by atoms with Gasteiger partial charge in [-0.15, -0.1) is 0 Å². The Labute approximate surface area is 162 Å². The SMILES string of the molecule is Cc1c(CC(=O)N[C@@H](C)C(N)=O)c2c(n1Cc1ccccc1F)CCCC2=O. The largest absolute Gasteiger partial charge is 0.368 e. The van der Waals surface area contributed by atoms with Gasteiger partial charge in [0.25, 0.3) is 0 Å². The number of rotatable bonds is 6. The predicted molar refractivity (Wildman–Crippen MR) is 102 cm³/mol. The maximum absolute atomic E-state index is 14.2. The molecule has 1 aliphatic rings. The number of ketones is 1. The molecule has 0 aliphatic heterocycles. The van der Waals surface area contributed by atoms with Crippen LogP contribution in [0.2, 0.25) is 0 Å². The Morgan fingerprint density at radius 2 is 2.00 bits per heavy atom. The number of primary amides is 1. The molecule has 1 aromatic heterocycles. The Morgan fingerprint density at radius 3 is 2.68 bits per heavy atom. The van der Waals surface area contributed by atoms with Gasteiger partial charge in [0.1, 0.15) is 11.9 Å². The van der Waals surface area contributed by atoms with Crippen molar-refractivity contribution < 1.29 is 18.8 Å². The van der Waals surface area contributed by atoms with Gasteiger partial charge >= 0.3 is 0 Å². The second-order valence-electron chi connectivity index (χ2n) is 7.21. The average Bonchev–Trinajstić information content (AvgIpc) is 2.90. The Bertz CT molecular complexity index is 949. The molecule has 3 rings (SSSR count). The third kappa shape index (κ3) is 3.83. The van der Waals surface area contributed by atoms with Gasteiger partial charge in [0.2, 0.25) is 11.8 Å². The lowest BCUT2D eigenvalue weighted by atomic mass is 9.92. The van der Waals surface area contributed by atoms with E-state index in [2.05, 4.69) is 5.32 Å². The van der Waals surface area contributed by atoms with Crippen LogP contribution in [0.25, 0.3) is 0 Å². The van der Waals surface area contributed by atoms with Crippen LogP contribution >= 0.6 is 0 Å². The zero-order chi connectivity index (χ0) is 20.4. The lowest BCUT2D eigenvalue weighted by Crippen LogP contribution is -2.42. The van der Waals surface area contributed by atoms with E-state index in [0.717, 1.165) is 17.8 Å². The molecule has 1 aliphatic carbocycles. The van der Waals surface area contributed by atoms with Gasteiger partial charge < -0.3 is 15.6 Å². The van der Waals surface area contributed by atoms with Crippen molar-refractivity contribution >= 4 is 17.6 Å². The summed E-state index contributed by atoms with van der Waals surface area (Å²) in [6.07, 6.45) is 1.84. The maximum atomic E-state index is 14.2. The number of hydrogen-bond donors (Lipinski definition) is 2. The molecule has 0 spiro atoms. The van der Waals surface area contributed by atoms with Crippen molar-refractivity contribution in [1.29, 1.82) is 0 Å². The minimum Gasteiger partial charge on any atom is -0.368 e. The molecular formula is C21H24FN3O3. The number of nitrogens with one attached hydrogen (secondary N) is 1. The molecule has 1 heterocycles. The van der Waals surface area contributed by atoms with Crippen molar-refractivity contribution in [2.45, 2.75) is 52.1 Å². The number of fused-ring (bicyclic) bond motifs is 1. The van der Waals surface area contributed by atoms with E-state index < -0.39 is 11.9 Å². The molecule has 6 nitrogen and oxygen atoms in total. The van der Waals surface area contributed by atoms with Crippen LogP contribution in [0.1, 0.15) is 52.6 Å². The molecule has 0 saturated heterocycles. The summed E-state index contributed by atoms with van der Waals surface area (Å²) >= 11 is 0. The fourth-order valence-electron chi connectivity index (χ4n) is 3.74. The van der Waals surface area contributed by atoms with Gasteiger partial charge in [-0.2, -0.15) is 0 Å². The van der Waals surface area contributed by atoms with Crippen LogP contribution in [0.5, 0.6) is 0 Å². The van der Waals surface area contributed by atoms with Crippen LogP contribution in [0.15, 0.2) is 24.3 Å². The molecule has 0 radical (unpaired) electrons. The van der Waals surface area contributed by atoms with Gasteiger partial charge in [-0.05, 0) is 38.3 Å². The molecule has 7 heteroatoms. The quantitative estimate of drug-likeness (QED) is 0.797. The first kappa shape index (κ1) is 19.8. The van der Waals surface area contributed by atoms with E-state index in [1.807, 2.05) is 11.5 Å². The van der Waals surface area contributed by atoms with Crippen LogP contribution in [-0.4, -0.2) is 28.2 Å². The highest BCUT2D eigenvalue weighted by Crippen LogP contribution is 2.31. The van der Waals surface area contributed by atoms with Crippen molar-refractivity contribution in [2.24, 2.45) is 5.73 Å². The minimum absolute atomic E-state index is 0.00221. The third-order valence-electron chi connectivity index (χ3n) is 5.28. The van der Waals surface area contributed by atoms with Gasteiger partial charge in [-0.1, -0.05) is 18.2 Å². The number of hydrogen-bond acceptors (Lipinski definition) is 3.